The van der Waals surface area contributed by atoms with E-state index in [-0.39, 0.29) is 5.79 Å². The predicted molar refractivity (Wildman–Crippen MR) is 56.8 cm³/mol. The molecule has 0 atom stereocenters. The first-order valence-electron chi connectivity index (χ1n) is 5.93. The van der Waals surface area contributed by atoms with Gasteiger partial charge >= 0.3 is 0 Å². The van der Waals surface area contributed by atoms with Crippen LogP contribution in [0.2, 0.25) is 0 Å². The van der Waals surface area contributed by atoms with Crippen LogP contribution in [0.4, 0.5) is 0 Å². The van der Waals surface area contributed by atoms with E-state index >= 15 is 0 Å². The molecule has 15 heavy (non-hydrogen) atoms. The van der Waals surface area contributed by atoms with Gasteiger partial charge in [0.15, 0.2) is 5.79 Å². The van der Waals surface area contributed by atoms with Crippen LogP contribution in [0.25, 0.3) is 0 Å². The zero-order valence-electron chi connectivity index (χ0n) is 9.54. The molecule has 2 rings (SSSR count). The molecule has 2 aliphatic heterocycles. The summed E-state index contributed by atoms with van der Waals surface area (Å²) in [5, 5.41) is 0. The molecule has 2 heterocycles. The molecule has 0 aromatic rings. The third-order valence-corrected chi connectivity index (χ3v) is 3.07. The molecule has 0 aliphatic carbocycles. The first-order valence-corrected chi connectivity index (χ1v) is 5.93. The van der Waals surface area contributed by atoms with Crippen molar-refractivity contribution in [3.63, 3.8) is 0 Å². The average molecular weight is 215 g/mol. The Hall–Kier alpha value is -0.160. The fraction of sp³-hybridized carbons (Fsp3) is 1.00. The Bertz CT molecular complexity index is 192. The molecule has 1 spiro atoms. The van der Waals surface area contributed by atoms with Gasteiger partial charge in [-0.15, -0.1) is 0 Å². The second kappa shape index (κ2) is 5.25. The summed E-state index contributed by atoms with van der Waals surface area (Å²) in [4.78, 5) is 2.38. The van der Waals surface area contributed by atoms with Crippen molar-refractivity contribution in [3.05, 3.63) is 0 Å². The first kappa shape index (κ1) is 11.3. The van der Waals surface area contributed by atoms with Crippen LogP contribution in [0, 0.1) is 0 Å². The van der Waals surface area contributed by atoms with Crippen LogP contribution in [0.3, 0.4) is 0 Å². The van der Waals surface area contributed by atoms with Crippen LogP contribution in [0.5, 0.6) is 0 Å². The van der Waals surface area contributed by atoms with Gasteiger partial charge in [-0.25, -0.2) is 0 Å². The summed E-state index contributed by atoms with van der Waals surface area (Å²) >= 11 is 0. The highest BCUT2D eigenvalue weighted by atomic mass is 16.7. The highest BCUT2D eigenvalue weighted by Crippen LogP contribution is 2.29. The van der Waals surface area contributed by atoms with E-state index in [1.54, 1.807) is 0 Å². The maximum atomic E-state index is 5.71. The van der Waals surface area contributed by atoms with Crippen LogP contribution >= 0.6 is 0 Å². The average Bonchev–Trinajstić information content (AvgIpc) is 2.67. The molecule has 0 bridgehead atoms. The van der Waals surface area contributed by atoms with Gasteiger partial charge in [-0.1, -0.05) is 0 Å². The second-order valence-corrected chi connectivity index (χ2v) is 4.18. The van der Waals surface area contributed by atoms with E-state index in [9.17, 15) is 0 Å². The Balaban J connectivity index is 1.76. The summed E-state index contributed by atoms with van der Waals surface area (Å²) in [5.74, 6) is -0.287. The van der Waals surface area contributed by atoms with E-state index in [0.29, 0.717) is 0 Å². The summed E-state index contributed by atoms with van der Waals surface area (Å²) in [6.45, 7) is 8.17. The van der Waals surface area contributed by atoms with Crippen molar-refractivity contribution in [1.29, 1.82) is 0 Å². The van der Waals surface area contributed by atoms with E-state index in [1.807, 2.05) is 6.92 Å². The molecule has 0 N–H and O–H groups in total. The Morgan fingerprint density at radius 2 is 2.13 bits per heavy atom. The van der Waals surface area contributed by atoms with Crippen LogP contribution in [0.1, 0.15) is 19.8 Å². The predicted octanol–water partition coefficient (Wildman–Crippen LogP) is 0.862. The monoisotopic (exact) mass is 215 g/mol. The summed E-state index contributed by atoms with van der Waals surface area (Å²) in [7, 11) is 0. The molecular formula is C11H21NO3. The summed E-state index contributed by atoms with van der Waals surface area (Å²) in [6.07, 6.45) is 2.20. The Morgan fingerprint density at radius 1 is 1.33 bits per heavy atom. The van der Waals surface area contributed by atoms with Crippen molar-refractivity contribution in [2.24, 2.45) is 0 Å². The minimum absolute atomic E-state index is 0.287. The molecule has 2 aliphatic rings. The zero-order chi connectivity index (χ0) is 10.6. The lowest BCUT2D eigenvalue weighted by Gasteiger charge is -2.38. The van der Waals surface area contributed by atoms with Gasteiger partial charge in [-0.2, -0.15) is 0 Å². The summed E-state index contributed by atoms with van der Waals surface area (Å²) < 4.78 is 16.8. The number of rotatable bonds is 4. The van der Waals surface area contributed by atoms with Crippen molar-refractivity contribution in [2.75, 3.05) is 46.1 Å². The van der Waals surface area contributed by atoms with Gasteiger partial charge in [0, 0.05) is 19.6 Å². The molecule has 0 amide bonds. The molecule has 4 nitrogen and oxygen atoms in total. The molecule has 0 aromatic carbocycles. The third kappa shape index (κ3) is 2.91. The Labute approximate surface area is 91.5 Å². The van der Waals surface area contributed by atoms with Gasteiger partial charge in [0.25, 0.3) is 0 Å². The lowest BCUT2D eigenvalue weighted by molar-refractivity contribution is -0.190. The van der Waals surface area contributed by atoms with Crippen LogP contribution in [-0.4, -0.2) is 56.7 Å². The topological polar surface area (TPSA) is 30.9 Å². The molecular weight excluding hydrogens is 194 g/mol. The number of hydrogen-bond donors (Lipinski definition) is 0. The quantitative estimate of drug-likeness (QED) is 0.651. The number of ether oxygens (including phenoxy) is 3. The lowest BCUT2D eigenvalue weighted by Crippen LogP contribution is -2.49. The summed E-state index contributed by atoms with van der Waals surface area (Å²) in [6, 6.07) is 0. The molecule has 4 heteroatoms. The fourth-order valence-corrected chi connectivity index (χ4v) is 2.33. The largest absolute Gasteiger partial charge is 0.380 e. The van der Waals surface area contributed by atoms with Crippen LogP contribution < -0.4 is 0 Å². The second-order valence-electron chi connectivity index (χ2n) is 4.18. The highest BCUT2D eigenvalue weighted by Gasteiger charge is 2.40. The maximum Gasteiger partial charge on any atom is 0.181 e. The van der Waals surface area contributed by atoms with Gasteiger partial charge in [0.2, 0.25) is 0 Å². The SMILES string of the molecule is CCOCCN1CCCC2(C1)OCCO2. The van der Waals surface area contributed by atoms with Crippen molar-refractivity contribution >= 4 is 0 Å². The Kier molecular flexibility index (Phi) is 3.97. The highest BCUT2D eigenvalue weighted by molar-refractivity contribution is 4.83. The van der Waals surface area contributed by atoms with Crippen molar-refractivity contribution < 1.29 is 14.2 Å². The molecule has 2 saturated heterocycles. The van der Waals surface area contributed by atoms with Gasteiger partial charge in [0.1, 0.15) is 0 Å². The van der Waals surface area contributed by atoms with Crippen molar-refractivity contribution in [2.45, 2.75) is 25.6 Å². The zero-order valence-corrected chi connectivity index (χ0v) is 9.54. The first-order chi connectivity index (χ1) is 7.35. The van der Waals surface area contributed by atoms with Crippen LogP contribution in [0.15, 0.2) is 0 Å². The number of piperidine rings is 1. The van der Waals surface area contributed by atoms with E-state index in [2.05, 4.69) is 4.90 Å². The van der Waals surface area contributed by atoms with E-state index in [1.165, 1.54) is 0 Å². The molecule has 2 fully saturated rings. The minimum Gasteiger partial charge on any atom is -0.380 e. The molecule has 0 aromatic heterocycles. The van der Waals surface area contributed by atoms with E-state index in [0.717, 1.165) is 58.9 Å². The standard InChI is InChI=1S/C11H21NO3/c1-2-13-7-6-12-5-3-4-11(10-12)14-8-9-15-11/h2-10H2,1H3. The van der Waals surface area contributed by atoms with Gasteiger partial charge in [0.05, 0.1) is 26.4 Å². The number of nitrogens with zero attached hydrogens (tertiary/aromatic N) is 1. The molecule has 0 radical (unpaired) electrons. The summed E-state index contributed by atoms with van der Waals surface area (Å²) in [5.41, 5.74) is 0. The van der Waals surface area contributed by atoms with E-state index in [4.69, 9.17) is 14.2 Å². The normalized spacial score (nSPS) is 26.2. The van der Waals surface area contributed by atoms with Crippen LogP contribution in [-0.2, 0) is 14.2 Å². The van der Waals surface area contributed by atoms with Gasteiger partial charge < -0.3 is 14.2 Å². The fourth-order valence-electron chi connectivity index (χ4n) is 2.33. The third-order valence-electron chi connectivity index (χ3n) is 3.07. The smallest absolute Gasteiger partial charge is 0.181 e. The van der Waals surface area contributed by atoms with Crippen molar-refractivity contribution in [3.8, 4) is 0 Å². The van der Waals surface area contributed by atoms with Gasteiger partial charge in [-0.3, -0.25) is 4.90 Å². The number of likely N-dealkylation sites (tertiary alicyclic amines) is 1. The molecule has 0 unspecified atom stereocenters. The lowest BCUT2D eigenvalue weighted by atomic mass is 10.0. The van der Waals surface area contributed by atoms with Gasteiger partial charge in [-0.05, 0) is 19.9 Å². The molecule has 0 saturated carbocycles. The maximum absolute atomic E-state index is 5.71. The Morgan fingerprint density at radius 3 is 2.87 bits per heavy atom. The molecule has 88 valence electrons. The minimum atomic E-state index is -0.287. The van der Waals surface area contributed by atoms with Crippen molar-refractivity contribution in [1.82, 2.24) is 4.90 Å². The van der Waals surface area contributed by atoms with E-state index < -0.39 is 0 Å². The number of hydrogen-bond acceptors (Lipinski definition) is 4.